The number of hydrogen-bond donors (Lipinski definition) is 1. The van der Waals surface area contributed by atoms with Gasteiger partial charge in [-0.05, 0) is 49.4 Å². The molecule has 0 radical (unpaired) electrons. The minimum absolute atomic E-state index is 0.275. The molecule has 2 heteroatoms. The van der Waals surface area contributed by atoms with Gasteiger partial charge in [-0.15, -0.1) is 0 Å². The van der Waals surface area contributed by atoms with Crippen LogP contribution in [0, 0.1) is 17.3 Å². The topological polar surface area (TPSA) is 29.1 Å². The molecule has 2 aliphatic carbocycles. The second kappa shape index (κ2) is 2.49. The average Bonchev–Trinajstić information content (AvgIpc) is 3.01. The summed E-state index contributed by atoms with van der Waals surface area (Å²) in [6, 6.07) is 0. The van der Waals surface area contributed by atoms with Crippen LogP contribution < -0.4 is 5.32 Å². The third kappa shape index (κ3) is 1.18. The molecule has 1 aliphatic heterocycles. The van der Waals surface area contributed by atoms with Gasteiger partial charge in [0.2, 0.25) is 5.91 Å². The van der Waals surface area contributed by atoms with Crippen LogP contribution in [-0.2, 0) is 4.79 Å². The first-order chi connectivity index (χ1) is 6.31. The molecule has 0 aromatic carbocycles. The molecule has 1 amide bonds. The molecule has 0 aromatic heterocycles. The van der Waals surface area contributed by atoms with Crippen molar-refractivity contribution in [2.75, 3.05) is 6.54 Å². The van der Waals surface area contributed by atoms with Crippen molar-refractivity contribution in [2.45, 2.75) is 38.5 Å². The lowest BCUT2D eigenvalue weighted by atomic mass is 9.72. The van der Waals surface area contributed by atoms with E-state index in [1.165, 1.54) is 32.1 Å². The molecule has 0 aromatic rings. The first-order valence-corrected chi connectivity index (χ1v) is 5.58. The van der Waals surface area contributed by atoms with Gasteiger partial charge in [0.15, 0.2) is 0 Å². The summed E-state index contributed by atoms with van der Waals surface area (Å²) in [5.41, 5.74) is 0.550. The lowest BCUT2D eigenvalue weighted by molar-refractivity contribution is -0.125. The Morgan fingerprint density at radius 3 is 2.15 bits per heavy atom. The zero-order valence-corrected chi connectivity index (χ0v) is 8.01. The standard InChI is InChI=1S/C11H17NO/c13-10-5-6-11(7-12-10,8-1-2-8)9-3-4-9/h8-9H,1-7H2,(H,12,13). The van der Waals surface area contributed by atoms with E-state index in [2.05, 4.69) is 5.32 Å². The maximum atomic E-state index is 11.1. The van der Waals surface area contributed by atoms with E-state index in [9.17, 15) is 4.79 Å². The monoisotopic (exact) mass is 179 g/mol. The van der Waals surface area contributed by atoms with E-state index >= 15 is 0 Å². The Morgan fingerprint density at radius 2 is 1.77 bits per heavy atom. The number of carbonyl (C=O) groups is 1. The van der Waals surface area contributed by atoms with Gasteiger partial charge in [-0.3, -0.25) is 4.79 Å². The normalized spacial score (nSPS) is 32.8. The van der Waals surface area contributed by atoms with Crippen molar-refractivity contribution in [3.05, 3.63) is 0 Å². The maximum absolute atomic E-state index is 11.1. The van der Waals surface area contributed by atoms with Gasteiger partial charge < -0.3 is 5.32 Å². The Morgan fingerprint density at radius 1 is 1.15 bits per heavy atom. The lowest BCUT2D eigenvalue weighted by Gasteiger charge is -2.38. The van der Waals surface area contributed by atoms with Crippen molar-refractivity contribution >= 4 is 5.91 Å². The molecule has 3 aliphatic rings. The van der Waals surface area contributed by atoms with Crippen molar-refractivity contribution in [3.63, 3.8) is 0 Å². The molecule has 0 atom stereocenters. The van der Waals surface area contributed by atoms with Crippen LogP contribution in [0.4, 0.5) is 0 Å². The van der Waals surface area contributed by atoms with Gasteiger partial charge >= 0.3 is 0 Å². The summed E-state index contributed by atoms with van der Waals surface area (Å²) < 4.78 is 0. The van der Waals surface area contributed by atoms with Crippen LogP contribution in [0.2, 0.25) is 0 Å². The number of rotatable bonds is 2. The minimum atomic E-state index is 0.275. The molecular weight excluding hydrogens is 162 g/mol. The molecule has 13 heavy (non-hydrogen) atoms. The third-order valence-electron chi connectivity index (χ3n) is 4.21. The highest BCUT2D eigenvalue weighted by Crippen LogP contribution is 2.60. The third-order valence-corrected chi connectivity index (χ3v) is 4.21. The fraction of sp³-hybridized carbons (Fsp3) is 0.909. The Kier molecular flexibility index (Phi) is 1.50. The fourth-order valence-electron chi connectivity index (χ4n) is 3.13. The number of piperidine rings is 1. The zero-order chi connectivity index (χ0) is 8.89. The molecular formula is C11H17NO. The van der Waals surface area contributed by atoms with E-state index in [0.717, 1.165) is 24.8 Å². The van der Waals surface area contributed by atoms with Crippen LogP contribution in [0.15, 0.2) is 0 Å². The molecule has 0 bridgehead atoms. The quantitative estimate of drug-likeness (QED) is 0.687. The lowest BCUT2D eigenvalue weighted by Crippen LogP contribution is -2.45. The molecule has 1 heterocycles. The summed E-state index contributed by atoms with van der Waals surface area (Å²) in [6.07, 6.45) is 7.65. The van der Waals surface area contributed by atoms with Crippen LogP contribution in [0.1, 0.15) is 38.5 Å². The summed E-state index contributed by atoms with van der Waals surface area (Å²) in [5, 5.41) is 3.08. The van der Waals surface area contributed by atoms with Crippen LogP contribution in [0.3, 0.4) is 0 Å². The molecule has 3 rings (SSSR count). The van der Waals surface area contributed by atoms with Gasteiger partial charge in [0.1, 0.15) is 0 Å². The summed E-state index contributed by atoms with van der Waals surface area (Å²) in [6.45, 7) is 0.987. The van der Waals surface area contributed by atoms with E-state index in [1.807, 2.05) is 0 Å². The fourth-order valence-corrected chi connectivity index (χ4v) is 3.13. The molecule has 0 spiro atoms. The van der Waals surface area contributed by atoms with Gasteiger partial charge in [-0.2, -0.15) is 0 Å². The summed E-state index contributed by atoms with van der Waals surface area (Å²) in [4.78, 5) is 11.1. The van der Waals surface area contributed by atoms with Gasteiger partial charge in [-0.25, -0.2) is 0 Å². The number of hydrogen-bond acceptors (Lipinski definition) is 1. The number of amides is 1. The van der Waals surface area contributed by atoms with Crippen molar-refractivity contribution in [1.29, 1.82) is 0 Å². The molecule has 2 nitrogen and oxygen atoms in total. The Labute approximate surface area is 79.1 Å². The molecule has 0 unspecified atom stereocenters. The van der Waals surface area contributed by atoms with E-state index in [0.29, 0.717) is 5.41 Å². The Hall–Kier alpha value is -0.530. The van der Waals surface area contributed by atoms with E-state index in [1.54, 1.807) is 0 Å². The number of carbonyl (C=O) groups excluding carboxylic acids is 1. The Balaban J connectivity index is 1.78. The van der Waals surface area contributed by atoms with Gasteiger partial charge in [-0.1, -0.05) is 0 Å². The van der Waals surface area contributed by atoms with Crippen LogP contribution in [0.5, 0.6) is 0 Å². The van der Waals surface area contributed by atoms with Crippen LogP contribution in [-0.4, -0.2) is 12.5 Å². The summed E-state index contributed by atoms with van der Waals surface area (Å²) >= 11 is 0. The number of nitrogens with one attached hydrogen (secondary N) is 1. The molecule has 72 valence electrons. The van der Waals surface area contributed by atoms with Crippen molar-refractivity contribution in [3.8, 4) is 0 Å². The first-order valence-electron chi connectivity index (χ1n) is 5.58. The van der Waals surface area contributed by atoms with E-state index in [4.69, 9.17) is 0 Å². The molecule has 1 saturated heterocycles. The predicted molar refractivity (Wildman–Crippen MR) is 50.1 cm³/mol. The summed E-state index contributed by atoms with van der Waals surface area (Å²) in [7, 11) is 0. The first kappa shape index (κ1) is 7.84. The highest BCUT2D eigenvalue weighted by atomic mass is 16.1. The predicted octanol–water partition coefficient (Wildman–Crippen LogP) is 1.70. The van der Waals surface area contributed by atoms with Crippen molar-refractivity contribution in [1.82, 2.24) is 5.32 Å². The zero-order valence-electron chi connectivity index (χ0n) is 8.01. The largest absolute Gasteiger partial charge is 0.356 e. The SMILES string of the molecule is O=C1CCC(C2CC2)(C2CC2)CN1. The maximum Gasteiger partial charge on any atom is 0.220 e. The van der Waals surface area contributed by atoms with Gasteiger partial charge in [0, 0.05) is 13.0 Å². The molecule has 1 N–H and O–H groups in total. The van der Waals surface area contributed by atoms with Crippen LogP contribution in [0.25, 0.3) is 0 Å². The highest BCUT2D eigenvalue weighted by molar-refractivity contribution is 5.76. The van der Waals surface area contributed by atoms with E-state index < -0.39 is 0 Å². The highest BCUT2D eigenvalue weighted by Gasteiger charge is 2.54. The van der Waals surface area contributed by atoms with Gasteiger partial charge in [0.25, 0.3) is 0 Å². The molecule has 2 saturated carbocycles. The summed E-state index contributed by atoms with van der Waals surface area (Å²) in [5.74, 6) is 2.19. The average molecular weight is 179 g/mol. The smallest absolute Gasteiger partial charge is 0.220 e. The van der Waals surface area contributed by atoms with Gasteiger partial charge in [0.05, 0.1) is 0 Å². The van der Waals surface area contributed by atoms with Crippen molar-refractivity contribution in [2.24, 2.45) is 17.3 Å². The molecule has 3 fully saturated rings. The van der Waals surface area contributed by atoms with E-state index in [-0.39, 0.29) is 5.91 Å². The minimum Gasteiger partial charge on any atom is -0.356 e. The van der Waals surface area contributed by atoms with Crippen LogP contribution >= 0.6 is 0 Å². The Bertz CT molecular complexity index is 216. The van der Waals surface area contributed by atoms with Crippen molar-refractivity contribution < 1.29 is 4.79 Å². The second-order valence-electron chi connectivity index (χ2n) is 5.06. The second-order valence-corrected chi connectivity index (χ2v) is 5.06.